The number of halogens is 1. The lowest BCUT2D eigenvalue weighted by Gasteiger charge is -2.29. The van der Waals surface area contributed by atoms with Gasteiger partial charge in [0.05, 0.1) is 0 Å². The van der Waals surface area contributed by atoms with E-state index in [2.05, 4.69) is 6.92 Å². The number of carbonyl (C=O) groups is 2. The lowest BCUT2D eigenvalue weighted by molar-refractivity contribution is -0.132. The van der Waals surface area contributed by atoms with Crippen LogP contribution in [0, 0.1) is 5.41 Å². The highest BCUT2D eigenvalue weighted by molar-refractivity contribution is 7.94. The fourth-order valence-electron chi connectivity index (χ4n) is 3.00. The molecule has 0 spiro atoms. The van der Waals surface area contributed by atoms with E-state index in [-0.39, 0.29) is 16.6 Å². The van der Waals surface area contributed by atoms with Crippen molar-refractivity contribution >= 4 is 24.3 Å². The van der Waals surface area contributed by atoms with E-state index >= 15 is 0 Å². The van der Waals surface area contributed by atoms with Gasteiger partial charge in [-0.15, -0.1) is 0 Å². The van der Waals surface area contributed by atoms with Crippen LogP contribution in [0.2, 0.25) is 0 Å². The first-order valence-electron chi connectivity index (χ1n) is 7.52. The van der Waals surface area contributed by atoms with Gasteiger partial charge in [-0.1, -0.05) is 19.8 Å². The summed E-state index contributed by atoms with van der Waals surface area (Å²) in [6, 6.07) is 0. The van der Waals surface area contributed by atoms with Crippen molar-refractivity contribution in [2.75, 3.05) is 13.6 Å². The van der Waals surface area contributed by atoms with Crippen molar-refractivity contribution in [1.29, 1.82) is 0 Å². The summed E-state index contributed by atoms with van der Waals surface area (Å²) in [6.45, 7) is 2.90. The van der Waals surface area contributed by atoms with Crippen LogP contribution in [0.4, 0.5) is 3.89 Å². The van der Waals surface area contributed by atoms with E-state index in [0.29, 0.717) is 31.4 Å². The van der Waals surface area contributed by atoms with Gasteiger partial charge in [-0.05, 0) is 31.1 Å². The molecule has 1 fully saturated rings. The molecule has 0 aromatic rings. The number of hydrogen-bond acceptors (Lipinski definition) is 3. The van der Waals surface area contributed by atoms with Gasteiger partial charge in [0.1, 0.15) is 6.29 Å². The number of amides is 1. The summed E-state index contributed by atoms with van der Waals surface area (Å²) in [5.74, 6) is 0.0902. The SMILES string of the molecule is CCCCCN(C)C(=O)CC1(CC=O)CCC(SF)C1. The smallest absolute Gasteiger partial charge is 0.222 e. The van der Waals surface area contributed by atoms with Gasteiger partial charge < -0.3 is 9.69 Å². The van der Waals surface area contributed by atoms with Gasteiger partial charge in [-0.25, -0.2) is 0 Å². The van der Waals surface area contributed by atoms with Gasteiger partial charge in [0.15, 0.2) is 0 Å². The molecule has 116 valence electrons. The van der Waals surface area contributed by atoms with E-state index in [4.69, 9.17) is 0 Å². The van der Waals surface area contributed by atoms with Crippen LogP contribution in [0.5, 0.6) is 0 Å². The number of hydrogen-bond donors (Lipinski definition) is 0. The Morgan fingerprint density at radius 3 is 2.80 bits per heavy atom. The summed E-state index contributed by atoms with van der Waals surface area (Å²) in [5.41, 5.74) is -0.304. The maximum Gasteiger partial charge on any atom is 0.222 e. The molecule has 1 amide bonds. The highest BCUT2D eigenvalue weighted by Crippen LogP contribution is 2.48. The molecule has 1 saturated carbocycles. The molecule has 0 radical (unpaired) electrons. The van der Waals surface area contributed by atoms with Gasteiger partial charge in [-0.3, -0.25) is 4.79 Å². The summed E-state index contributed by atoms with van der Waals surface area (Å²) in [7, 11) is 1.82. The second-order valence-electron chi connectivity index (χ2n) is 6.02. The van der Waals surface area contributed by atoms with Crippen molar-refractivity contribution in [2.24, 2.45) is 5.41 Å². The molecule has 1 aliphatic carbocycles. The van der Waals surface area contributed by atoms with Gasteiger partial charge in [0.25, 0.3) is 0 Å². The Kier molecular flexibility index (Phi) is 7.56. The van der Waals surface area contributed by atoms with Gasteiger partial charge in [0.2, 0.25) is 5.91 Å². The number of carbonyl (C=O) groups excluding carboxylic acids is 2. The highest BCUT2D eigenvalue weighted by atomic mass is 32.2. The maximum absolute atomic E-state index is 12.7. The molecular formula is C15H26FNO2S. The molecule has 0 saturated heterocycles. The van der Waals surface area contributed by atoms with Crippen molar-refractivity contribution in [2.45, 2.75) is 63.5 Å². The zero-order valence-electron chi connectivity index (χ0n) is 12.6. The summed E-state index contributed by atoms with van der Waals surface area (Å²) < 4.78 is 12.7. The Hall–Kier alpha value is -0.580. The zero-order chi connectivity index (χ0) is 15.0. The van der Waals surface area contributed by atoms with Crippen molar-refractivity contribution < 1.29 is 13.5 Å². The first-order valence-corrected chi connectivity index (χ1v) is 8.30. The molecule has 5 heteroatoms. The molecule has 0 heterocycles. The molecule has 0 aromatic carbocycles. The lowest BCUT2D eigenvalue weighted by Crippen LogP contribution is -2.33. The van der Waals surface area contributed by atoms with Gasteiger partial charge in [0, 0.05) is 43.8 Å². The van der Waals surface area contributed by atoms with Crippen molar-refractivity contribution in [3.63, 3.8) is 0 Å². The van der Waals surface area contributed by atoms with Crippen molar-refractivity contribution in [3.8, 4) is 0 Å². The minimum atomic E-state index is -0.304. The van der Waals surface area contributed by atoms with E-state index in [1.54, 1.807) is 4.90 Å². The Labute approximate surface area is 126 Å². The van der Waals surface area contributed by atoms with Crippen LogP contribution < -0.4 is 0 Å². The molecule has 0 aliphatic heterocycles. The predicted octanol–water partition coefficient (Wildman–Crippen LogP) is 3.77. The van der Waals surface area contributed by atoms with Crippen LogP contribution >= 0.6 is 12.1 Å². The number of nitrogens with zero attached hydrogens (tertiary/aromatic N) is 1. The third-order valence-electron chi connectivity index (χ3n) is 4.35. The minimum Gasteiger partial charge on any atom is -0.346 e. The Balaban J connectivity index is 2.53. The van der Waals surface area contributed by atoms with Crippen LogP contribution in [0.15, 0.2) is 0 Å². The Morgan fingerprint density at radius 1 is 1.50 bits per heavy atom. The quantitative estimate of drug-likeness (QED) is 0.480. The number of rotatable bonds is 9. The van der Waals surface area contributed by atoms with Crippen molar-refractivity contribution in [3.05, 3.63) is 0 Å². The monoisotopic (exact) mass is 303 g/mol. The predicted molar refractivity (Wildman–Crippen MR) is 81.2 cm³/mol. The standard InChI is InChI=1S/C15H26FNO2S/c1-3-4-5-9-17(2)14(19)12-15(8-10-18)7-6-13(11-15)20-16/h10,13H,3-9,11-12H2,1-2H3. The average molecular weight is 303 g/mol. The first-order chi connectivity index (χ1) is 9.56. The van der Waals surface area contributed by atoms with Crippen LogP contribution in [-0.2, 0) is 9.59 Å². The first kappa shape index (κ1) is 17.5. The van der Waals surface area contributed by atoms with E-state index < -0.39 is 0 Å². The summed E-state index contributed by atoms with van der Waals surface area (Å²) >= 11 is 0.372. The molecular weight excluding hydrogens is 277 g/mol. The molecule has 0 N–H and O–H groups in total. The van der Waals surface area contributed by atoms with Gasteiger partial charge in [-0.2, -0.15) is 3.89 Å². The largest absolute Gasteiger partial charge is 0.346 e. The normalized spacial score (nSPS) is 25.6. The van der Waals surface area contributed by atoms with Crippen LogP contribution in [0.25, 0.3) is 0 Å². The molecule has 1 aliphatic rings. The second kappa shape index (κ2) is 8.65. The third kappa shape index (κ3) is 5.08. The van der Waals surface area contributed by atoms with Crippen molar-refractivity contribution in [1.82, 2.24) is 4.90 Å². The van der Waals surface area contributed by atoms with E-state index in [0.717, 1.165) is 44.9 Å². The summed E-state index contributed by atoms with van der Waals surface area (Å²) in [6.07, 6.45) is 7.09. The number of aldehydes is 1. The van der Waals surface area contributed by atoms with E-state index in [1.807, 2.05) is 7.05 Å². The van der Waals surface area contributed by atoms with E-state index in [9.17, 15) is 13.5 Å². The molecule has 1 rings (SSSR count). The molecule has 20 heavy (non-hydrogen) atoms. The fourth-order valence-corrected chi connectivity index (χ4v) is 3.63. The third-order valence-corrected chi connectivity index (χ3v) is 5.00. The highest BCUT2D eigenvalue weighted by Gasteiger charge is 2.41. The average Bonchev–Trinajstić information content (AvgIpc) is 2.82. The Morgan fingerprint density at radius 2 is 2.25 bits per heavy atom. The zero-order valence-corrected chi connectivity index (χ0v) is 13.4. The van der Waals surface area contributed by atoms with Crippen LogP contribution in [0.1, 0.15) is 58.3 Å². The lowest BCUT2D eigenvalue weighted by atomic mass is 9.79. The molecule has 3 nitrogen and oxygen atoms in total. The fraction of sp³-hybridized carbons (Fsp3) is 0.867. The molecule has 2 unspecified atom stereocenters. The summed E-state index contributed by atoms with van der Waals surface area (Å²) in [4.78, 5) is 24.9. The maximum atomic E-state index is 12.7. The second-order valence-corrected chi connectivity index (χ2v) is 6.87. The topological polar surface area (TPSA) is 37.4 Å². The number of unbranched alkanes of at least 4 members (excludes halogenated alkanes) is 2. The van der Waals surface area contributed by atoms with Gasteiger partial charge >= 0.3 is 0 Å². The van der Waals surface area contributed by atoms with Crippen LogP contribution in [-0.4, -0.2) is 35.9 Å². The molecule has 0 bridgehead atoms. The molecule has 0 aromatic heterocycles. The van der Waals surface area contributed by atoms with Crippen LogP contribution in [0.3, 0.4) is 0 Å². The summed E-state index contributed by atoms with van der Waals surface area (Å²) in [5, 5.41) is -0.0480. The van der Waals surface area contributed by atoms with E-state index in [1.165, 1.54) is 0 Å². The molecule has 2 atom stereocenters. The minimum absolute atomic E-state index is 0.0480. The Bertz CT molecular complexity index is 327.